The van der Waals surface area contributed by atoms with Gasteiger partial charge >= 0.3 is 17.9 Å². The van der Waals surface area contributed by atoms with Crippen molar-refractivity contribution >= 4 is 59.5 Å². The molecule has 0 saturated carbocycles. The molecule has 43 heavy (non-hydrogen) atoms. The summed E-state index contributed by atoms with van der Waals surface area (Å²) in [6.45, 7) is 0. The van der Waals surface area contributed by atoms with Crippen molar-refractivity contribution in [3.8, 4) is 0 Å². The fraction of sp³-hybridized carbons (Fsp3) is 0.226. The summed E-state index contributed by atoms with van der Waals surface area (Å²) in [5.74, 6) is -3.99. The summed E-state index contributed by atoms with van der Waals surface area (Å²) in [5, 5.41) is 3.69. The highest BCUT2D eigenvalue weighted by molar-refractivity contribution is 7.80. The molecule has 0 atom stereocenters. The van der Waals surface area contributed by atoms with Gasteiger partial charge in [0.2, 0.25) is 0 Å². The molecule has 11 nitrogen and oxygen atoms in total. The molecule has 0 aromatic heterocycles. The molecule has 1 heterocycles. The molecule has 1 fully saturated rings. The number of esters is 1. The van der Waals surface area contributed by atoms with Crippen molar-refractivity contribution in [1.29, 1.82) is 0 Å². The highest BCUT2D eigenvalue weighted by Crippen LogP contribution is 2.35. The quantitative estimate of drug-likeness (QED) is 0.148. The number of imide groups is 1. The number of hydroxylamine groups is 4. The van der Waals surface area contributed by atoms with E-state index in [9.17, 15) is 28.8 Å². The number of rotatable bonds is 10. The second-order valence-electron chi connectivity index (χ2n) is 9.40. The molecule has 0 unspecified atom stereocenters. The first-order valence-electron chi connectivity index (χ1n) is 13.4. The van der Waals surface area contributed by atoms with E-state index in [2.05, 4.69) is 0 Å². The van der Waals surface area contributed by atoms with E-state index in [1.807, 2.05) is 60.7 Å². The minimum Gasteiger partial charge on any atom is -0.465 e. The highest BCUT2D eigenvalue weighted by atomic mass is 31.1. The zero-order valence-corrected chi connectivity index (χ0v) is 24.5. The Morgan fingerprint density at radius 3 is 1.95 bits per heavy atom. The minimum atomic E-state index is -1.28. The van der Waals surface area contributed by atoms with Crippen LogP contribution in [0.1, 0.15) is 52.8 Å². The molecule has 12 heteroatoms. The summed E-state index contributed by atoms with van der Waals surface area (Å²) in [5.41, 5.74) is 0.414. The molecule has 1 aliphatic heterocycles. The van der Waals surface area contributed by atoms with E-state index in [0.717, 1.165) is 15.7 Å². The van der Waals surface area contributed by atoms with Crippen LogP contribution in [0, 0.1) is 0 Å². The summed E-state index contributed by atoms with van der Waals surface area (Å²) >= 11 is 0. The molecule has 0 spiro atoms. The Morgan fingerprint density at radius 2 is 1.40 bits per heavy atom. The predicted molar refractivity (Wildman–Crippen MR) is 156 cm³/mol. The summed E-state index contributed by atoms with van der Waals surface area (Å²) in [7, 11) is 1.27. The molecular weight excluding hydrogens is 575 g/mol. The van der Waals surface area contributed by atoms with E-state index in [-0.39, 0.29) is 37.7 Å². The molecule has 1 aliphatic rings. The number of methoxy groups -OCH3 is 1. The highest BCUT2D eigenvalue weighted by Gasteiger charge is 2.33. The molecule has 0 bridgehead atoms. The van der Waals surface area contributed by atoms with Crippen LogP contribution in [-0.4, -0.2) is 59.9 Å². The van der Waals surface area contributed by atoms with Gasteiger partial charge in [-0.3, -0.25) is 14.4 Å². The SMILES string of the molecule is COC(=O)c1ccc(C(=O)ON(C)C(=O)CCCC(=O)ON2C(=O)CCC2=O)cc1P(c1ccccc1)c1ccccc1. The van der Waals surface area contributed by atoms with Crippen molar-refractivity contribution in [2.75, 3.05) is 14.2 Å². The number of hydrogen-bond acceptors (Lipinski definition) is 9. The van der Waals surface area contributed by atoms with Gasteiger partial charge in [0.15, 0.2) is 0 Å². The zero-order valence-electron chi connectivity index (χ0n) is 23.6. The van der Waals surface area contributed by atoms with Crippen LogP contribution >= 0.6 is 7.92 Å². The lowest BCUT2D eigenvalue weighted by Gasteiger charge is -2.22. The molecule has 1 saturated heterocycles. The number of carbonyl (C=O) groups is 6. The van der Waals surface area contributed by atoms with Gasteiger partial charge in [0.25, 0.3) is 17.7 Å². The Kier molecular flexibility index (Phi) is 10.3. The largest absolute Gasteiger partial charge is 0.465 e. The topological polar surface area (TPSA) is 137 Å². The molecule has 3 aromatic rings. The van der Waals surface area contributed by atoms with Gasteiger partial charge in [-0.05, 0) is 43.2 Å². The van der Waals surface area contributed by atoms with Gasteiger partial charge in [-0.1, -0.05) is 60.7 Å². The van der Waals surface area contributed by atoms with Gasteiger partial charge in [-0.15, -0.1) is 5.06 Å². The fourth-order valence-corrected chi connectivity index (χ4v) is 6.75. The number of hydrogen-bond donors (Lipinski definition) is 0. The van der Waals surface area contributed by atoms with E-state index < -0.39 is 43.6 Å². The van der Waals surface area contributed by atoms with Crippen molar-refractivity contribution in [2.24, 2.45) is 0 Å². The van der Waals surface area contributed by atoms with Gasteiger partial charge < -0.3 is 14.4 Å². The molecule has 3 aromatic carbocycles. The van der Waals surface area contributed by atoms with Gasteiger partial charge in [0.05, 0.1) is 18.2 Å². The number of amides is 3. The Hall–Kier alpha value is -4.89. The first kappa shape index (κ1) is 31.1. The monoisotopic (exact) mass is 604 g/mol. The van der Waals surface area contributed by atoms with Crippen molar-refractivity contribution in [1.82, 2.24) is 10.1 Å². The Morgan fingerprint density at radius 1 is 0.814 bits per heavy atom. The fourth-order valence-electron chi connectivity index (χ4n) is 4.28. The van der Waals surface area contributed by atoms with E-state index in [0.29, 0.717) is 15.9 Å². The summed E-state index contributed by atoms with van der Waals surface area (Å²) < 4.78 is 5.03. The van der Waals surface area contributed by atoms with Crippen LogP contribution in [0.5, 0.6) is 0 Å². The predicted octanol–water partition coefficient (Wildman–Crippen LogP) is 2.54. The van der Waals surface area contributed by atoms with E-state index in [4.69, 9.17) is 14.4 Å². The third-order valence-corrected chi connectivity index (χ3v) is 8.93. The Bertz CT molecular complexity index is 1470. The average molecular weight is 605 g/mol. The van der Waals surface area contributed by atoms with Crippen LogP contribution in [-0.2, 0) is 33.6 Å². The lowest BCUT2D eigenvalue weighted by molar-refractivity contribution is -0.197. The third-order valence-electron chi connectivity index (χ3n) is 6.45. The van der Waals surface area contributed by atoms with Gasteiger partial charge in [0, 0.05) is 38.0 Å². The normalized spacial score (nSPS) is 12.7. The second-order valence-corrected chi connectivity index (χ2v) is 11.6. The van der Waals surface area contributed by atoms with Gasteiger partial charge in [-0.25, -0.2) is 14.4 Å². The van der Waals surface area contributed by atoms with Crippen LogP contribution in [0.4, 0.5) is 0 Å². The van der Waals surface area contributed by atoms with Crippen LogP contribution in [0.25, 0.3) is 0 Å². The Balaban J connectivity index is 1.47. The van der Waals surface area contributed by atoms with Crippen LogP contribution in [0.3, 0.4) is 0 Å². The maximum absolute atomic E-state index is 13.1. The molecule has 0 radical (unpaired) electrons. The average Bonchev–Trinajstić information content (AvgIpc) is 3.33. The molecular formula is C31H29N2O9P. The van der Waals surface area contributed by atoms with Crippen LogP contribution in [0.2, 0.25) is 0 Å². The smallest absolute Gasteiger partial charge is 0.363 e. The van der Waals surface area contributed by atoms with E-state index in [1.165, 1.54) is 26.3 Å². The maximum atomic E-state index is 13.1. The first-order chi connectivity index (χ1) is 20.7. The zero-order chi connectivity index (χ0) is 30.9. The molecule has 3 amide bonds. The maximum Gasteiger partial charge on any atom is 0.363 e. The molecule has 4 rings (SSSR count). The second kappa shape index (κ2) is 14.3. The van der Waals surface area contributed by atoms with Crippen molar-refractivity contribution in [2.45, 2.75) is 32.1 Å². The molecule has 0 N–H and O–H groups in total. The third kappa shape index (κ3) is 7.69. The summed E-state index contributed by atoms with van der Waals surface area (Å²) in [4.78, 5) is 83.7. The summed E-state index contributed by atoms with van der Waals surface area (Å²) in [6.07, 6.45) is -0.403. The minimum absolute atomic E-state index is 0.0200. The lowest BCUT2D eigenvalue weighted by Crippen LogP contribution is -2.32. The van der Waals surface area contributed by atoms with Crippen LogP contribution < -0.4 is 15.9 Å². The standard InChI is InChI=1S/C31H29N2O9P/c1-32(26(34)14-9-15-29(37)41-33-27(35)18-19-28(33)36)42-30(38)21-16-17-24(31(39)40-2)25(20-21)43(22-10-5-3-6-11-22)23-12-7-4-8-13-23/h3-8,10-13,16-17,20H,9,14-15,18-19H2,1-2H3. The molecule has 0 aliphatic carbocycles. The lowest BCUT2D eigenvalue weighted by atomic mass is 10.1. The number of carbonyl (C=O) groups excluding carboxylic acids is 6. The van der Waals surface area contributed by atoms with Crippen LogP contribution in [0.15, 0.2) is 78.9 Å². The van der Waals surface area contributed by atoms with Gasteiger partial charge in [0.1, 0.15) is 0 Å². The number of benzene rings is 3. The van der Waals surface area contributed by atoms with E-state index in [1.54, 1.807) is 6.07 Å². The van der Waals surface area contributed by atoms with Crippen molar-refractivity contribution in [3.63, 3.8) is 0 Å². The Labute approximate surface area is 249 Å². The summed E-state index contributed by atoms with van der Waals surface area (Å²) in [6, 6.07) is 23.7. The van der Waals surface area contributed by atoms with Crippen molar-refractivity contribution < 1.29 is 43.2 Å². The van der Waals surface area contributed by atoms with Gasteiger partial charge in [-0.2, -0.15) is 5.06 Å². The number of nitrogens with zero attached hydrogens (tertiary/aromatic N) is 2. The number of ether oxygens (including phenoxy) is 1. The molecule has 222 valence electrons. The first-order valence-corrected chi connectivity index (χ1v) is 14.7. The van der Waals surface area contributed by atoms with Crippen molar-refractivity contribution in [3.05, 3.63) is 90.0 Å². The van der Waals surface area contributed by atoms with E-state index >= 15 is 0 Å².